The molecule has 2 heteroatoms. The molecular formula is C10H14S2. The molecule has 0 aliphatic carbocycles. The molecule has 0 unspecified atom stereocenters. The van der Waals surface area contributed by atoms with Crippen molar-refractivity contribution in [2.24, 2.45) is 0 Å². The van der Waals surface area contributed by atoms with Crippen molar-refractivity contribution in [2.45, 2.75) is 29.6 Å². The maximum Gasteiger partial charge on any atom is 0.0205 e. The summed E-state index contributed by atoms with van der Waals surface area (Å²) in [6.45, 7) is 2.22. The lowest BCUT2D eigenvalue weighted by atomic mass is 10.4. The molecule has 0 heterocycles. The molecule has 0 fully saturated rings. The van der Waals surface area contributed by atoms with Gasteiger partial charge in [-0.15, -0.1) is 24.4 Å². The van der Waals surface area contributed by atoms with Gasteiger partial charge in [0.2, 0.25) is 0 Å². The van der Waals surface area contributed by atoms with Gasteiger partial charge >= 0.3 is 0 Å². The highest BCUT2D eigenvalue weighted by Crippen LogP contribution is 2.25. The van der Waals surface area contributed by atoms with Gasteiger partial charge in [-0.05, 0) is 24.3 Å². The van der Waals surface area contributed by atoms with E-state index in [2.05, 4.69) is 31.7 Å². The van der Waals surface area contributed by atoms with Crippen molar-refractivity contribution in [2.75, 3.05) is 5.75 Å². The van der Waals surface area contributed by atoms with Crippen LogP contribution in [0.15, 0.2) is 34.1 Å². The summed E-state index contributed by atoms with van der Waals surface area (Å²) in [6.07, 6.45) is 2.55. The van der Waals surface area contributed by atoms with Gasteiger partial charge in [-0.1, -0.05) is 25.5 Å². The lowest BCUT2D eigenvalue weighted by Gasteiger charge is -2.02. The number of unbranched alkanes of at least 4 members (excludes halogenated alkanes) is 1. The van der Waals surface area contributed by atoms with Crippen LogP contribution in [0.4, 0.5) is 0 Å². The van der Waals surface area contributed by atoms with E-state index >= 15 is 0 Å². The van der Waals surface area contributed by atoms with E-state index in [-0.39, 0.29) is 0 Å². The largest absolute Gasteiger partial charge is 0.142 e. The second-order valence-electron chi connectivity index (χ2n) is 2.67. The lowest BCUT2D eigenvalue weighted by Crippen LogP contribution is -1.79. The van der Waals surface area contributed by atoms with Crippen molar-refractivity contribution in [1.29, 1.82) is 0 Å². The van der Waals surface area contributed by atoms with Crippen molar-refractivity contribution in [1.82, 2.24) is 0 Å². The van der Waals surface area contributed by atoms with E-state index in [0.717, 1.165) is 4.90 Å². The van der Waals surface area contributed by atoms with Gasteiger partial charge in [-0.25, -0.2) is 0 Å². The molecule has 0 aromatic heterocycles. The van der Waals surface area contributed by atoms with Gasteiger partial charge < -0.3 is 0 Å². The van der Waals surface area contributed by atoms with Gasteiger partial charge in [0.05, 0.1) is 0 Å². The second-order valence-corrected chi connectivity index (χ2v) is 4.29. The van der Waals surface area contributed by atoms with Crippen molar-refractivity contribution in [3.8, 4) is 0 Å². The summed E-state index contributed by atoms with van der Waals surface area (Å²) in [7, 11) is 0. The van der Waals surface area contributed by atoms with E-state index in [1.165, 1.54) is 23.5 Å². The van der Waals surface area contributed by atoms with Crippen LogP contribution in [0.25, 0.3) is 0 Å². The molecule has 0 N–H and O–H groups in total. The predicted octanol–water partition coefficient (Wildman–Crippen LogP) is 3.87. The summed E-state index contributed by atoms with van der Waals surface area (Å²) in [4.78, 5) is 2.40. The van der Waals surface area contributed by atoms with E-state index in [1.807, 2.05) is 23.9 Å². The van der Waals surface area contributed by atoms with E-state index in [4.69, 9.17) is 0 Å². The number of thioether (sulfide) groups is 1. The van der Waals surface area contributed by atoms with Crippen LogP contribution >= 0.6 is 24.4 Å². The standard InChI is InChI=1S/C10H14S2/c1-2-3-8-12-10-7-5-4-6-9(10)11/h4-7,11H,2-3,8H2,1H3. The first-order valence-electron chi connectivity index (χ1n) is 4.25. The summed E-state index contributed by atoms with van der Waals surface area (Å²) in [5.41, 5.74) is 0. The van der Waals surface area contributed by atoms with Crippen LogP contribution in [0.1, 0.15) is 19.8 Å². The predicted molar refractivity (Wildman–Crippen MR) is 59.3 cm³/mol. The van der Waals surface area contributed by atoms with Crippen LogP contribution in [0.3, 0.4) is 0 Å². The van der Waals surface area contributed by atoms with Gasteiger partial charge in [-0.2, -0.15) is 0 Å². The Hall–Kier alpha value is -0.0800. The fourth-order valence-corrected chi connectivity index (χ4v) is 2.30. The fourth-order valence-electron chi connectivity index (χ4n) is 0.906. The van der Waals surface area contributed by atoms with Crippen LogP contribution in [0.2, 0.25) is 0 Å². The van der Waals surface area contributed by atoms with Gasteiger partial charge in [0, 0.05) is 9.79 Å². The summed E-state index contributed by atoms with van der Waals surface area (Å²) in [6, 6.07) is 8.25. The van der Waals surface area contributed by atoms with Crippen LogP contribution in [0.5, 0.6) is 0 Å². The highest BCUT2D eigenvalue weighted by Gasteiger charge is 1.96. The van der Waals surface area contributed by atoms with Crippen LogP contribution < -0.4 is 0 Å². The van der Waals surface area contributed by atoms with Crippen molar-refractivity contribution < 1.29 is 0 Å². The van der Waals surface area contributed by atoms with Crippen LogP contribution in [-0.2, 0) is 0 Å². The Morgan fingerprint density at radius 3 is 2.75 bits per heavy atom. The third-order valence-corrected chi connectivity index (χ3v) is 3.32. The minimum atomic E-state index is 1.10. The number of hydrogen-bond donors (Lipinski definition) is 1. The van der Waals surface area contributed by atoms with Gasteiger partial charge in [0.15, 0.2) is 0 Å². The molecule has 0 saturated heterocycles. The van der Waals surface area contributed by atoms with Crippen molar-refractivity contribution >= 4 is 24.4 Å². The highest BCUT2D eigenvalue weighted by molar-refractivity contribution is 7.99. The van der Waals surface area contributed by atoms with Gasteiger partial charge in [0.25, 0.3) is 0 Å². The zero-order valence-electron chi connectivity index (χ0n) is 7.29. The Balaban J connectivity index is 2.46. The van der Waals surface area contributed by atoms with Crippen LogP contribution in [-0.4, -0.2) is 5.75 Å². The molecule has 1 aromatic carbocycles. The van der Waals surface area contributed by atoms with E-state index in [9.17, 15) is 0 Å². The molecule has 1 aromatic rings. The first-order valence-corrected chi connectivity index (χ1v) is 5.68. The summed E-state index contributed by atoms with van der Waals surface area (Å²) in [5.74, 6) is 1.20. The molecule has 0 aliphatic rings. The third-order valence-electron chi connectivity index (χ3n) is 1.62. The number of thiol groups is 1. The van der Waals surface area contributed by atoms with Gasteiger partial charge in [-0.3, -0.25) is 0 Å². The molecule has 66 valence electrons. The Bertz CT molecular complexity index is 233. The Kier molecular flexibility index (Phi) is 4.62. The molecule has 0 spiro atoms. The quantitative estimate of drug-likeness (QED) is 0.435. The summed E-state index contributed by atoms with van der Waals surface area (Å²) >= 11 is 6.27. The summed E-state index contributed by atoms with van der Waals surface area (Å²) < 4.78 is 0. The first kappa shape index (κ1) is 10.0. The Morgan fingerprint density at radius 1 is 1.33 bits per heavy atom. The molecule has 1 rings (SSSR count). The molecule has 12 heavy (non-hydrogen) atoms. The lowest BCUT2D eigenvalue weighted by molar-refractivity contribution is 0.895. The van der Waals surface area contributed by atoms with E-state index in [1.54, 1.807) is 0 Å². The molecule has 0 bridgehead atoms. The third kappa shape index (κ3) is 3.11. The zero-order valence-corrected chi connectivity index (χ0v) is 9.00. The molecule has 0 nitrogen and oxygen atoms in total. The van der Waals surface area contributed by atoms with Crippen molar-refractivity contribution in [3.63, 3.8) is 0 Å². The molecule has 0 amide bonds. The average Bonchev–Trinajstić information content (AvgIpc) is 2.09. The van der Waals surface area contributed by atoms with Crippen molar-refractivity contribution in [3.05, 3.63) is 24.3 Å². The maximum absolute atomic E-state index is 4.38. The molecule has 0 aliphatic heterocycles. The number of hydrogen-bond acceptors (Lipinski definition) is 2. The second kappa shape index (κ2) is 5.55. The monoisotopic (exact) mass is 198 g/mol. The van der Waals surface area contributed by atoms with E-state index in [0.29, 0.717) is 0 Å². The minimum Gasteiger partial charge on any atom is -0.142 e. The fraction of sp³-hybridized carbons (Fsp3) is 0.400. The Labute approximate surface area is 84.2 Å². The smallest absolute Gasteiger partial charge is 0.0205 e. The Morgan fingerprint density at radius 2 is 2.08 bits per heavy atom. The number of benzene rings is 1. The summed E-state index contributed by atoms with van der Waals surface area (Å²) in [5, 5.41) is 0. The normalized spacial score (nSPS) is 10.2. The maximum atomic E-state index is 4.38. The highest BCUT2D eigenvalue weighted by atomic mass is 32.2. The zero-order chi connectivity index (χ0) is 8.81. The van der Waals surface area contributed by atoms with Gasteiger partial charge in [0.1, 0.15) is 0 Å². The minimum absolute atomic E-state index is 1.10. The SMILES string of the molecule is CCCCSc1ccccc1S. The average molecular weight is 198 g/mol. The molecule has 0 saturated carbocycles. The molecule has 0 radical (unpaired) electrons. The molecular weight excluding hydrogens is 184 g/mol. The number of rotatable bonds is 4. The van der Waals surface area contributed by atoms with Crippen LogP contribution in [0, 0.1) is 0 Å². The topological polar surface area (TPSA) is 0 Å². The first-order chi connectivity index (χ1) is 5.84. The van der Waals surface area contributed by atoms with E-state index < -0.39 is 0 Å². The molecule has 0 atom stereocenters.